The van der Waals surface area contributed by atoms with Crippen LogP contribution in [-0.2, 0) is 51.8 Å². The second-order valence-electron chi connectivity index (χ2n) is 10.0. The van der Waals surface area contributed by atoms with E-state index in [0.29, 0.717) is 0 Å². The number of nitro benzene ring substituents is 1. The molecule has 0 amide bonds. The van der Waals surface area contributed by atoms with Crippen LogP contribution in [-0.4, -0.2) is 104 Å². The van der Waals surface area contributed by atoms with Crippen molar-refractivity contribution in [2.24, 2.45) is 0 Å². The standard InChI is InChI=1S/C20H36N6.C6H6NO6P.ClHO4.2Cu.2H2O/c1-2-19(17-25-12-8-21-4-5-22-9-13-25)16-20(3-1)18-26-14-10-23-6-7-24-11-15-26;8-7(9)5-1-3-6(4-2-5)13-14(10,11)12;2-1(3,4)5;;;;/h1-3,16,21-24H,4-15,17-18H2;1-4H,(H2,10,11,12);(H,2,3,4,5);;;2*1H2/q;;;2*+2;;/p-4. The number of nitrogens with one attached hydrogen (secondary N) is 4. The van der Waals surface area contributed by atoms with E-state index < -0.39 is 23.0 Å². The first kappa shape index (κ1) is 52.0. The minimum absolute atomic E-state index is 0. The number of phosphoric acid groups is 1. The molecule has 2 fully saturated rings. The Hall–Kier alpha value is -1.36. The predicted octanol–water partition coefficient (Wildman–Crippen LogP) is -6.28. The molecule has 7 N–H and O–H groups in total. The summed E-state index contributed by atoms with van der Waals surface area (Å²) in [5.74, 6) is -0.246. The van der Waals surface area contributed by atoms with E-state index in [1.165, 1.54) is 11.1 Å². The van der Waals surface area contributed by atoms with Gasteiger partial charge in [0, 0.05) is 104 Å². The summed E-state index contributed by atoms with van der Waals surface area (Å²) in [5, 5.41) is 24.2. The second-order valence-corrected chi connectivity index (χ2v) is 11.9. The van der Waals surface area contributed by atoms with Crippen molar-refractivity contribution >= 4 is 13.5 Å². The summed E-state index contributed by atoms with van der Waals surface area (Å²) in [7, 11) is -10.0. The summed E-state index contributed by atoms with van der Waals surface area (Å²) in [6.07, 6.45) is 0. The van der Waals surface area contributed by atoms with Crippen LogP contribution in [0.15, 0.2) is 48.5 Å². The zero-order chi connectivity index (χ0) is 33.1. The van der Waals surface area contributed by atoms with E-state index in [1.807, 2.05) is 0 Å². The Morgan fingerprint density at radius 1 is 0.714 bits per heavy atom. The molecule has 2 heterocycles. The van der Waals surface area contributed by atoms with Crippen LogP contribution in [0.1, 0.15) is 11.1 Å². The van der Waals surface area contributed by atoms with E-state index in [1.54, 1.807) is 0 Å². The van der Waals surface area contributed by atoms with Crippen LogP contribution in [0.4, 0.5) is 5.69 Å². The molecular formula is C26H43ClCu2N7O12P. The van der Waals surface area contributed by atoms with Crippen molar-refractivity contribution in [1.29, 1.82) is 0 Å². The number of halogens is 1. The molecule has 2 radical (unpaired) electrons. The monoisotopic (exact) mass is 837 g/mol. The molecular weight excluding hydrogens is 796 g/mol. The molecule has 0 atom stereocenters. The van der Waals surface area contributed by atoms with Gasteiger partial charge in [0.2, 0.25) is 0 Å². The number of hydrogen-bond acceptors (Lipinski definition) is 17. The van der Waals surface area contributed by atoms with Crippen molar-refractivity contribution in [3.05, 3.63) is 69.8 Å². The molecule has 0 unspecified atom stereocenters. The van der Waals surface area contributed by atoms with E-state index >= 15 is 0 Å². The minimum atomic E-state index is -5.10. The number of non-ortho nitro benzene ring substituents is 1. The number of rotatable bonds is 7. The van der Waals surface area contributed by atoms with Crippen LogP contribution in [0, 0.1) is 20.4 Å². The van der Waals surface area contributed by atoms with Gasteiger partial charge in [0.1, 0.15) is 13.6 Å². The first-order valence-corrected chi connectivity index (χ1v) is 16.9. The van der Waals surface area contributed by atoms with Gasteiger partial charge in [-0.25, -0.2) is 18.6 Å². The number of phosphoric ester groups is 1. The maximum Gasteiger partial charge on any atom is 2.00 e. The molecule has 0 bridgehead atoms. The van der Waals surface area contributed by atoms with Gasteiger partial charge in [-0.1, -0.05) is 24.3 Å². The summed E-state index contributed by atoms with van der Waals surface area (Å²) >= 11 is 0. The van der Waals surface area contributed by atoms with Crippen LogP contribution < -0.4 is 54.2 Å². The summed E-state index contributed by atoms with van der Waals surface area (Å²) in [4.78, 5) is 34.9. The molecule has 2 saturated heterocycles. The SMILES string of the molecule is O.O=[N+]([O-])c1ccc(OP(=O)([O-])[O-])cc1.[Cu+2].[Cu+2].[O-][Cl+3]([O-])([O-])[O-].[OH-].c1cc(CN2CCNCCNCC2)cc(CN2CCNCCNCC2)c1. The molecule has 23 heteroatoms. The summed E-state index contributed by atoms with van der Waals surface area (Å²) in [5.41, 5.74) is 2.65. The maximum atomic E-state index is 10.2. The van der Waals surface area contributed by atoms with Gasteiger partial charge >= 0.3 is 34.1 Å². The van der Waals surface area contributed by atoms with Gasteiger partial charge in [0.15, 0.2) is 0 Å². The van der Waals surface area contributed by atoms with Crippen molar-refractivity contribution < 1.29 is 97.8 Å². The zero-order valence-electron chi connectivity index (χ0n) is 26.3. The second kappa shape index (κ2) is 28.3. The fourth-order valence-corrected chi connectivity index (χ4v) is 4.82. The van der Waals surface area contributed by atoms with E-state index in [9.17, 15) is 24.5 Å². The quantitative estimate of drug-likeness (QED) is 0.0872. The third-order valence-electron chi connectivity index (χ3n) is 6.44. The van der Waals surface area contributed by atoms with Crippen LogP contribution in [0.25, 0.3) is 0 Å². The Labute approximate surface area is 308 Å². The van der Waals surface area contributed by atoms with Crippen LogP contribution in [0.3, 0.4) is 0 Å². The normalized spacial score (nSPS) is 16.3. The molecule has 0 spiro atoms. The molecule has 2 aliphatic rings. The molecule has 2 aromatic rings. The van der Waals surface area contributed by atoms with Crippen molar-refractivity contribution in [3.63, 3.8) is 0 Å². The van der Waals surface area contributed by atoms with Crippen molar-refractivity contribution in [3.8, 4) is 5.75 Å². The van der Waals surface area contributed by atoms with Gasteiger partial charge in [0.05, 0.1) is 4.92 Å². The minimum Gasteiger partial charge on any atom is -0.870 e. The largest absolute Gasteiger partial charge is 2.00 e. The molecule has 49 heavy (non-hydrogen) atoms. The molecule has 0 aromatic heterocycles. The first-order chi connectivity index (χ1) is 21.3. The van der Waals surface area contributed by atoms with Gasteiger partial charge in [-0.3, -0.25) is 19.9 Å². The molecule has 288 valence electrons. The fraction of sp³-hybridized carbons (Fsp3) is 0.538. The van der Waals surface area contributed by atoms with Crippen molar-refractivity contribution in [2.45, 2.75) is 13.1 Å². The van der Waals surface area contributed by atoms with Gasteiger partial charge in [-0.05, 0) is 23.3 Å². The van der Waals surface area contributed by atoms with Crippen LogP contribution in [0.2, 0.25) is 0 Å². The van der Waals surface area contributed by atoms with Gasteiger partial charge in [-0.15, -0.1) is 10.2 Å². The fourth-order valence-electron chi connectivity index (χ4n) is 4.44. The number of hydrogen-bond donors (Lipinski definition) is 4. The van der Waals surface area contributed by atoms with E-state index in [-0.39, 0.29) is 56.5 Å². The Morgan fingerprint density at radius 3 is 1.37 bits per heavy atom. The van der Waals surface area contributed by atoms with Crippen molar-refractivity contribution in [2.75, 3.05) is 78.5 Å². The third kappa shape index (κ3) is 28.0. The first-order valence-electron chi connectivity index (χ1n) is 14.2. The molecule has 19 nitrogen and oxygen atoms in total. The topological polar surface area (TPSA) is 324 Å². The number of nitrogens with zero attached hydrogens (tertiary/aromatic N) is 3. The molecule has 2 aromatic carbocycles. The van der Waals surface area contributed by atoms with E-state index in [0.717, 1.165) is 116 Å². The average Bonchev–Trinajstić information content (AvgIpc) is 3.16. The van der Waals surface area contributed by atoms with Crippen LogP contribution in [0.5, 0.6) is 5.75 Å². The van der Waals surface area contributed by atoms with Gasteiger partial charge in [0.25, 0.3) is 5.69 Å². The Balaban J connectivity index is -0.000000786. The molecule has 0 saturated carbocycles. The number of nitro groups is 1. The average molecular weight is 839 g/mol. The Bertz CT molecular complexity index is 1120. The third-order valence-corrected chi connectivity index (χ3v) is 6.88. The van der Waals surface area contributed by atoms with Crippen LogP contribution >= 0.6 is 7.82 Å². The van der Waals surface area contributed by atoms with Gasteiger partial charge < -0.3 is 51.1 Å². The van der Waals surface area contributed by atoms with E-state index in [2.05, 4.69) is 59.9 Å². The van der Waals surface area contributed by atoms with Gasteiger partial charge in [-0.2, -0.15) is 0 Å². The Morgan fingerprint density at radius 2 is 1.06 bits per heavy atom. The summed E-state index contributed by atoms with van der Waals surface area (Å²) < 4.78 is 48.1. The zero-order valence-corrected chi connectivity index (χ0v) is 29.9. The predicted molar refractivity (Wildman–Crippen MR) is 155 cm³/mol. The Kier molecular flexibility index (Phi) is 30.0. The molecule has 0 aliphatic carbocycles. The van der Waals surface area contributed by atoms with E-state index in [4.69, 9.17) is 18.6 Å². The molecule has 2 aliphatic heterocycles. The van der Waals surface area contributed by atoms with Crippen molar-refractivity contribution in [1.82, 2.24) is 31.1 Å². The summed E-state index contributed by atoms with van der Waals surface area (Å²) in [6, 6.07) is 13.3. The smallest absolute Gasteiger partial charge is 0.870 e. The summed E-state index contributed by atoms with van der Waals surface area (Å²) in [6.45, 7) is 15.2. The molecule has 4 rings (SSSR count). The maximum absolute atomic E-state index is 10.2. The number of benzene rings is 2.